The number of amides is 3. The highest BCUT2D eigenvalue weighted by Crippen LogP contribution is 2.33. The van der Waals surface area contributed by atoms with Crippen molar-refractivity contribution in [3.05, 3.63) is 53.9 Å². The molecule has 34 heavy (non-hydrogen) atoms. The topological polar surface area (TPSA) is 102 Å². The number of hydrogen-bond donors (Lipinski definition) is 2. The van der Waals surface area contributed by atoms with E-state index in [0.717, 1.165) is 35.2 Å². The molecule has 0 aliphatic carbocycles. The van der Waals surface area contributed by atoms with E-state index in [4.69, 9.17) is 0 Å². The van der Waals surface area contributed by atoms with Gasteiger partial charge in [0.05, 0.1) is 10.9 Å². The first-order valence-corrected chi connectivity index (χ1v) is 12.3. The highest BCUT2D eigenvalue weighted by molar-refractivity contribution is 8.00. The maximum Gasteiger partial charge on any atom is 0.321 e. The Labute approximate surface area is 205 Å². The van der Waals surface area contributed by atoms with Gasteiger partial charge in [0.2, 0.25) is 5.91 Å². The number of nitrogens with one attached hydrogen (secondary N) is 2. The van der Waals surface area contributed by atoms with Gasteiger partial charge in [0, 0.05) is 23.5 Å². The second-order valence-electron chi connectivity index (χ2n) is 8.97. The number of aromatic nitrogens is 4. The minimum absolute atomic E-state index is 0.399. The normalized spacial score (nSPS) is 12.3. The van der Waals surface area contributed by atoms with Crippen LogP contribution < -0.4 is 10.6 Å². The number of imide groups is 1. The van der Waals surface area contributed by atoms with E-state index in [9.17, 15) is 9.59 Å². The molecular formula is C25H32N6O2S. The monoisotopic (exact) mass is 480 g/mol. The van der Waals surface area contributed by atoms with Crippen molar-refractivity contribution in [2.45, 2.75) is 70.3 Å². The second-order valence-corrected chi connectivity index (χ2v) is 10.3. The summed E-state index contributed by atoms with van der Waals surface area (Å²) in [6, 6.07) is 9.54. The Bertz CT molecular complexity index is 1130. The predicted molar refractivity (Wildman–Crippen MR) is 135 cm³/mol. The van der Waals surface area contributed by atoms with Crippen LogP contribution in [0.2, 0.25) is 0 Å². The van der Waals surface area contributed by atoms with Crippen molar-refractivity contribution in [3.63, 3.8) is 0 Å². The van der Waals surface area contributed by atoms with Crippen LogP contribution in [0.5, 0.6) is 0 Å². The summed E-state index contributed by atoms with van der Waals surface area (Å²) >= 11 is 1.26. The number of hydrogen-bond acceptors (Lipinski definition) is 6. The van der Waals surface area contributed by atoms with Gasteiger partial charge < -0.3 is 5.32 Å². The van der Waals surface area contributed by atoms with Crippen molar-refractivity contribution in [2.75, 3.05) is 0 Å². The lowest BCUT2D eigenvalue weighted by molar-refractivity contribution is -0.119. The van der Waals surface area contributed by atoms with Crippen LogP contribution in [0.1, 0.15) is 52.7 Å². The smallest absolute Gasteiger partial charge is 0.321 e. The van der Waals surface area contributed by atoms with Gasteiger partial charge in [0.15, 0.2) is 11.0 Å². The lowest BCUT2D eigenvalue weighted by Gasteiger charge is -2.21. The molecule has 3 rings (SSSR count). The van der Waals surface area contributed by atoms with E-state index in [-0.39, 0.29) is 0 Å². The van der Waals surface area contributed by atoms with Crippen molar-refractivity contribution in [1.29, 1.82) is 0 Å². The minimum atomic E-state index is -0.575. The minimum Gasteiger partial charge on any atom is -0.333 e. The molecule has 0 bridgehead atoms. The zero-order valence-corrected chi connectivity index (χ0v) is 21.4. The molecule has 1 aromatic carbocycles. The fourth-order valence-electron chi connectivity index (χ4n) is 3.53. The predicted octanol–water partition coefficient (Wildman–Crippen LogP) is 4.56. The van der Waals surface area contributed by atoms with Gasteiger partial charge in [-0.15, -0.1) is 10.2 Å². The third-order valence-electron chi connectivity index (χ3n) is 5.12. The first kappa shape index (κ1) is 25.4. The lowest BCUT2D eigenvalue weighted by Crippen LogP contribution is -2.49. The van der Waals surface area contributed by atoms with Crippen LogP contribution in [0.15, 0.2) is 47.9 Å². The molecule has 3 aromatic rings. The summed E-state index contributed by atoms with van der Waals surface area (Å²) in [5, 5.41) is 14.1. The molecule has 0 spiro atoms. The molecule has 8 nitrogen and oxygen atoms in total. The quantitative estimate of drug-likeness (QED) is 0.481. The molecule has 0 radical (unpaired) electrons. The summed E-state index contributed by atoms with van der Waals surface area (Å²) in [5.41, 5.74) is 3.73. The van der Waals surface area contributed by atoms with E-state index in [2.05, 4.69) is 57.9 Å². The first-order valence-electron chi connectivity index (χ1n) is 11.4. The van der Waals surface area contributed by atoms with E-state index in [1.54, 1.807) is 19.3 Å². The van der Waals surface area contributed by atoms with Gasteiger partial charge in [-0.05, 0) is 63.8 Å². The van der Waals surface area contributed by atoms with Crippen molar-refractivity contribution in [3.8, 4) is 17.1 Å². The Morgan fingerprint density at radius 3 is 2.29 bits per heavy atom. The highest BCUT2D eigenvalue weighted by atomic mass is 32.2. The van der Waals surface area contributed by atoms with Crippen LogP contribution in [-0.2, 0) is 17.6 Å². The zero-order chi connectivity index (χ0) is 24.9. The lowest BCUT2D eigenvalue weighted by atomic mass is 10.0. The van der Waals surface area contributed by atoms with Gasteiger partial charge in [-0.25, -0.2) is 4.79 Å². The third-order valence-corrected chi connectivity index (χ3v) is 6.16. The summed E-state index contributed by atoms with van der Waals surface area (Å²) in [7, 11) is 0. The van der Waals surface area contributed by atoms with Crippen LogP contribution in [0.25, 0.3) is 17.1 Å². The SMILES string of the molecule is CCc1cccc(CC)c1-n1c(SC(C)C(=O)NC(=O)NC(C)(C)C)nnc1-c1cccnc1. The number of benzene rings is 1. The molecule has 0 fully saturated rings. The van der Waals surface area contributed by atoms with E-state index >= 15 is 0 Å². The number of para-hydroxylation sites is 1. The van der Waals surface area contributed by atoms with Crippen LogP contribution in [0.3, 0.4) is 0 Å². The number of urea groups is 1. The third kappa shape index (κ3) is 6.02. The van der Waals surface area contributed by atoms with Gasteiger partial charge in [0.1, 0.15) is 0 Å². The molecule has 9 heteroatoms. The van der Waals surface area contributed by atoms with Crippen LogP contribution in [-0.4, -0.2) is 42.5 Å². The van der Waals surface area contributed by atoms with Crippen LogP contribution in [0, 0.1) is 0 Å². The van der Waals surface area contributed by atoms with Crippen molar-refractivity contribution in [2.24, 2.45) is 0 Å². The van der Waals surface area contributed by atoms with Crippen LogP contribution in [0.4, 0.5) is 4.79 Å². The standard InChI is InChI=1S/C25H32N6O2S/c1-7-17-11-9-12-18(8-2)20(17)31-21(19-13-10-14-26-15-19)29-30-24(31)34-16(3)22(32)27-23(33)28-25(4,5)6/h9-16H,7-8H2,1-6H3,(H2,27,28,32,33). The number of carbonyl (C=O) groups is 2. The zero-order valence-electron chi connectivity index (χ0n) is 20.5. The summed E-state index contributed by atoms with van der Waals surface area (Å²) < 4.78 is 2.01. The van der Waals surface area contributed by atoms with Gasteiger partial charge in [0.25, 0.3) is 0 Å². The Balaban J connectivity index is 2.01. The molecule has 3 amide bonds. The van der Waals surface area contributed by atoms with Gasteiger partial charge in [-0.3, -0.25) is 19.7 Å². The maximum atomic E-state index is 12.8. The molecule has 1 atom stereocenters. The Morgan fingerprint density at radius 1 is 1.06 bits per heavy atom. The van der Waals surface area contributed by atoms with Crippen molar-refractivity contribution in [1.82, 2.24) is 30.4 Å². The second kappa shape index (κ2) is 10.8. The molecule has 2 aromatic heterocycles. The average molecular weight is 481 g/mol. The van der Waals surface area contributed by atoms with E-state index in [1.807, 2.05) is 37.5 Å². The number of thioether (sulfide) groups is 1. The Kier molecular flexibility index (Phi) is 8.09. The number of carbonyl (C=O) groups excluding carboxylic acids is 2. The van der Waals surface area contributed by atoms with Gasteiger partial charge in [-0.2, -0.15) is 0 Å². The molecule has 0 saturated carbocycles. The molecule has 0 aliphatic rings. The van der Waals surface area contributed by atoms with Gasteiger partial charge in [-0.1, -0.05) is 43.8 Å². The summed E-state index contributed by atoms with van der Waals surface area (Å²) in [6.45, 7) is 11.5. The maximum absolute atomic E-state index is 12.8. The largest absolute Gasteiger partial charge is 0.333 e. The molecule has 0 saturated heterocycles. The van der Waals surface area contributed by atoms with Crippen molar-refractivity contribution >= 4 is 23.7 Å². The Hall–Kier alpha value is -3.20. The molecule has 1 unspecified atom stereocenters. The number of aryl methyl sites for hydroxylation is 2. The van der Waals surface area contributed by atoms with E-state index in [1.165, 1.54) is 11.8 Å². The first-order chi connectivity index (χ1) is 16.1. The van der Waals surface area contributed by atoms with E-state index in [0.29, 0.717) is 11.0 Å². The molecule has 0 aliphatic heterocycles. The number of nitrogens with zero attached hydrogens (tertiary/aromatic N) is 4. The molecular weight excluding hydrogens is 448 g/mol. The Morgan fingerprint density at radius 2 is 1.74 bits per heavy atom. The van der Waals surface area contributed by atoms with Crippen LogP contribution >= 0.6 is 11.8 Å². The molecule has 2 heterocycles. The molecule has 180 valence electrons. The van der Waals surface area contributed by atoms with E-state index < -0.39 is 22.7 Å². The summed E-state index contributed by atoms with van der Waals surface area (Å²) in [5.74, 6) is 0.257. The highest BCUT2D eigenvalue weighted by Gasteiger charge is 2.25. The fourth-order valence-corrected chi connectivity index (χ4v) is 4.38. The summed E-state index contributed by atoms with van der Waals surface area (Å²) in [4.78, 5) is 29.2. The molecule has 2 N–H and O–H groups in total. The fraction of sp³-hybridized carbons (Fsp3) is 0.400. The number of pyridine rings is 1. The van der Waals surface area contributed by atoms with Crippen molar-refractivity contribution < 1.29 is 9.59 Å². The average Bonchev–Trinajstić information content (AvgIpc) is 3.20. The summed E-state index contributed by atoms with van der Waals surface area (Å²) in [6.07, 6.45) is 5.14. The number of rotatable bonds is 7. The van der Waals surface area contributed by atoms with Gasteiger partial charge >= 0.3 is 6.03 Å².